The zero-order valence-corrected chi connectivity index (χ0v) is 14.9. The quantitative estimate of drug-likeness (QED) is 0.853. The van der Waals surface area contributed by atoms with Crippen molar-refractivity contribution in [3.8, 4) is 28.7 Å². The van der Waals surface area contributed by atoms with Gasteiger partial charge in [0, 0.05) is 5.56 Å². The first kappa shape index (κ1) is 17.7. The van der Waals surface area contributed by atoms with Crippen molar-refractivity contribution in [3.63, 3.8) is 0 Å². The highest BCUT2D eigenvalue weighted by atomic mass is 16.6. The zero-order chi connectivity index (χ0) is 18.5. The number of para-hydroxylation sites is 2. The lowest BCUT2D eigenvalue weighted by molar-refractivity contribution is 0.0789. The Labute approximate surface area is 151 Å². The molecule has 1 amide bonds. The van der Waals surface area contributed by atoms with Crippen LogP contribution in [0.25, 0.3) is 0 Å². The molecule has 0 radical (unpaired) electrons. The molecule has 2 aromatic rings. The molecule has 3 rings (SSSR count). The van der Waals surface area contributed by atoms with Gasteiger partial charge in [0.15, 0.2) is 23.0 Å². The molecule has 1 heterocycles. The molecule has 0 bridgehead atoms. The normalized spacial score (nSPS) is 15.1. The van der Waals surface area contributed by atoms with E-state index in [0.717, 1.165) is 0 Å². The topological polar surface area (TPSA) is 75.3 Å². The minimum atomic E-state index is -0.272. The van der Waals surface area contributed by atoms with Crippen LogP contribution in [0, 0.1) is 0 Å². The SMILES string of the molecule is COc1cc(C(=O)NCC2COc3ccccc3O2)cc(OC)c1OC. The van der Waals surface area contributed by atoms with Crippen LogP contribution in [0.5, 0.6) is 28.7 Å². The van der Waals surface area contributed by atoms with Crippen molar-refractivity contribution in [2.75, 3.05) is 34.5 Å². The van der Waals surface area contributed by atoms with Gasteiger partial charge in [-0.25, -0.2) is 0 Å². The predicted molar refractivity (Wildman–Crippen MR) is 94.8 cm³/mol. The molecule has 138 valence electrons. The minimum absolute atomic E-state index is 0.268. The molecule has 0 saturated carbocycles. The summed E-state index contributed by atoms with van der Waals surface area (Å²) in [5.74, 6) is 2.38. The lowest BCUT2D eigenvalue weighted by Crippen LogP contribution is -2.40. The van der Waals surface area contributed by atoms with Gasteiger partial charge in [0.1, 0.15) is 12.7 Å². The number of benzene rings is 2. The van der Waals surface area contributed by atoms with Crippen LogP contribution in [0.1, 0.15) is 10.4 Å². The maximum Gasteiger partial charge on any atom is 0.251 e. The third-order valence-corrected chi connectivity index (χ3v) is 3.98. The van der Waals surface area contributed by atoms with E-state index in [2.05, 4.69) is 5.32 Å². The highest BCUT2D eigenvalue weighted by Gasteiger charge is 2.22. The van der Waals surface area contributed by atoms with Crippen LogP contribution in [-0.2, 0) is 0 Å². The van der Waals surface area contributed by atoms with Gasteiger partial charge in [-0.2, -0.15) is 0 Å². The van der Waals surface area contributed by atoms with Gasteiger partial charge in [0.05, 0.1) is 27.9 Å². The van der Waals surface area contributed by atoms with Gasteiger partial charge < -0.3 is 29.0 Å². The number of carbonyl (C=O) groups is 1. The van der Waals surface area contributed by atoms with E-state index >= 15 is 0 Å². The van der Waals surface area contributed by atoms with E-state index in [1.807, 2.05) is 24.3 Å². The van der Waals surface area contributed by atoms with Crippen LogP contribution in [0.2, 0.25) is 0 Å². The van der Waals surface area contributed by atoms with E-state index in [9.17, 15) is 4.79 Å². The molecule has 7 heteroatoms. The summed E-state index contributed by atoms with van der Waals surface area (Å²) < 4.78 is 27.3. The van der Waals surface area contributed by atoms with Crippen LogP contribution in [0.15, 0.2) is 36.4 Å². The first-order valence-electron chi connectivity index (χ1n) is 8.13. The molecule has 0 aromatic heterocycles. The molecule has 1 aliphatic rings. The lowest BCUT2D eigenvalue weighted by atomic mass is 10.1. The number of hydrogen-bond acceptors (Lipinski definition) is 6. The van der Waals surface area contributed by atoms with Gasteiger partial charge in [0.2, 0.25) is 5.75 Å². The van der Waals surface area contributed by atoms with Crippen molar-refractivity contribution < 1.29 is 28.5 Å². The average molecular weight is 359 g/mol. The molecule has 0 fully saturated rings. The second-order valence-electron chi connectivity index (χ2n) is 5.62. The largest absolute Gasteiger partial charge is 0.493 e. The number of fused-ring (bicyclic) bond motifs is 1. The fraction of sp³-hybridized carbons (Fsp3) is 0.316. The molecule has 26 heavy (non-hydrogen) atoms. The first-order valence-corrected chi connectivity index (χ1v) is 8.13. The lowest BCUT2D eigenvalue weighted by Gasteiger charge is -2.26. The molecule has 0 aliphatic carbocycles. The number of rotatable bonds is 6. The van der Waals surface area contributed by atoms with E-state index in [1.165, 1.54) is 21.3 Å². The second kappa shape index (κ2) is 7.86. The van der Waals surface area contributed by atoms with Crippen LogP contribution in [0.3, 0.4) is 0 Å². The van der Waals surface area contributed by atoms with Crippen molar-refractivity contribution in [1.82, 2.24) is 5.32 Å². The summed E-state index contributed by atoms with van der Waals surface area (Å²) in [6.07, 6.45) is -0.268. The smallest absolute Gasteiger partial charge is 0.251 e. The van der Waals surface area contributed by atoms with Gasteiger partial charge in [0.25, 0.3) is 5.91 Å². The predicted octanol–water partition coefficient (Wildman–Crippen LogP) is 2.28. The molecule has 2 aromatic carbocycles. The van der Waals surface area contributed by atoms with Crippen molar-refractivity contribution in [3.05, 3.63) is 42.0 Å². The first-order chi connectivity index (χ1) is 12.7. The summed E-state index contributed by atoms with van der Waals surface area (Å²) in [6, 6.07) is 10.6. The van der Waals surface area contributed by atoms with Gasteiger partial charge in [-0.3, -0.25) is 4.79 Å². The standard InChI is InChI=1S/C19H21NO6/c1-22-16-8-12(9-17(23-2)18(16)24-3)19(21)20-10-13-11-25-14-6-4-5-7-15(14)26-13/h4-9,13H,10-11H2,1-3H3,(H,20,21). The summed E-state index contributed by atoms with van der Waals surface area (Å²) >= 11 is 0. The molecule has 1 aliphatic heterocycles. The Morgan fingerprint density at radius 2 is 1.73 bits per heavy atom. The molecule has 1 N–H and O–H groups in total. The third-order valence-electron chi connectivity index (χ3n) is 3.98. The van der Waals surface area contributed by atoms with E-state index in [0.29, 0.717) is 47.5 Å². The molecule has 0 saturated heterocycles. The van der Waals surface area contributed by atoms with E-state index < -0.39 is 0 Å². The van der Waals surface area contributed by atoms with Gasteiger partial charge >= 0.3 is 0 Å². The highest BCUT2D eigenvalue weighted by molar-refractivity contribution is 5.95. The molecule has 1 atom stereocenters. The number of hydrogen-bond donors (Lipinski definition) is 1. The summed E-state index contributed by atoms with van der Waals surface area (Å²) in [6.45, 7) is 0.677. The number of methoxy groups -OCH3 is 3. The Morgan fingerprint density at radius 3 is 2.35 bits per heavy atom. The van der Waals surface area contributed by atoms with Gasteiger partial charge in [-0.1, -0.05) is 12.1 Å². The summed E-state index contributed by atoms with van der Waals surface area (Å²) in [4.78, 5) is 12.5. The number of nitrogens with one attached hydrogen (secondary N) is 1. The highest BCUT2D eigenvalue weighted by Crippen LogP contribution is 2.38. The van der Waals surface area contributed by atoms with Gasteiger partial charge in [-0.05, 0) is 24.3 Å². The maximum atomic E-state index is 12.5. The Morgan fingerprint density at radius 1 is 1.08 bits per heavy atom. The fourth-order valence-electron chi connectivity index (χ4n) is 2.68. The Bertz CT molecular complexity index is 766. The van der Waals surface area contributed by atoms with E-state index in [4.69, 9.17) is 23.7 Å². The van der Waals surface area contributed by atoms with E-state index in [-0.39, 0.29) is 12.0 Å². The molecule has 1 unspecified atom stereocenters. The zero-order valence-electron chi connectivity index (χ0n) is 14.9. The maximum absolute atomic E-state index is 12.5. The minimum Gasteiger partial charge on any atom is -0.493 e. The van der Waals surface area contributed by atoms with Crippen LogP contribution in [0.4, 0.5) is 0 Å². The van der Waals surface area contributed by atoms with Crippen LogP contribution in [-0.4, -0.2) is 46.5 Å². The average Bonchev–Trinajstić information content (AvgIpc) is 2.70. The van der Waals surface area contributed by atoms with Gasteiger partial charge in [-0.15, -0.1) is 0 Å². The summed E-state index contributed by atoms with van der Waals surface area (Å²) in [5.41, 5.74) is 0.400. The Hall–Kier alpha value is -3.09. The van der Waals surface area contributed by atoms with Crippen molar-refractivity contribution >= 4 is 5.91 Å². The van der Waals surface area contributed by atoms with Crippen molar-refractivity contribution in [1.29, 1.82) is 0 Å². The summed E-state index contributed by atoms with van der Waals surface area (Å²) in [5, 5.41) is 2.84. The molecule has 7 nitrogen and oxygen atoms in total. The number of carbonyl (C=O) groups excluding carboxylic acids is 1. The molecular weight excluding hydrogens is 338 g/mol. The van der Waals surface area contributed by atoms with Crippen molar-refractivity contribution in [2.45, 2.75) is 6.10 Å². The summed E-state index contributed by atoms with van der Waals surface area (Å²) in [7, 11) is 4.52. The molecular formula is C19H21NO6. The Balaban J connectivity index is 1.67. The van der Waals surface area contributed by atoms with E-state index in [1.54, 1.807) is 12.1 Å². The van der Waals surface area contributed by atoms with Crippen LogP contribution >= 0.6 is 0 Å². The fourth-order valence-corrected chi connectivity index (χ4v) is 2.68. The van der Waals surface area contributed by atoms with Crippen LogP contribution < -0.4 is 29.0 Å². The Kier molecular flexibility index (Phi) is 5.36. The monoisotopic (exact) mass is 359 g/mol. The number of amides is 1. The second-order valence-corrected chi connectivity index (χ2v) is 5.62. The van der Waals surface area contributed by atoms with Crippen molar-refractivity contribution in [2.24, 2.45) is 0 Å². The molecule has 0 spiro atoms. The number of ether oxygens (including phenoxy) is 5. The third kappa shape index (κ3) is 3.61.